The molecule has 0 bridgehead atoms. The molecule has 0 amide bonds. The van der Waals surface area contributed by atoms with E-state index in [9.17, 15) is 0 Å². The Kier molecular flexibility index (Phi) is 5.60. The Balaban J connectivity index is 2.95. The molecule has 1 aromatic heterocycles. The fourth-order valence-corrected chi connectivity index (χ4v) is 2.08. The summed E-state index contributed by atoms with van der Waals surface area (Å²) >= 11 is 0. The highest BCUT2D eigenvalue weighted by atomic mass is 15.2. The van der Waals surface area contributed by atoms with Crippen molar-refractivity contribution in [1.29, 1.82) is 0 Å². The van der Waals surface area contributed by atoms with E-state index in [0.29, 0.717) is 12.0 Å². The van der Waals surface area contributed by atoms with Crippen LogP contribution in [0.5, 0.6) is 0 Å². The van der Waals surface area contributed by atoms with Crippen molar-refractivity contribution in [2.75, 3.05) is 18.5 Å². The summed E-state index contributed by atoms with van der Waals surface area (Å²) in [6, 6.07) is 4.81. The van der Waals surface area contributed by atoms with Crippen LogP contribution in [0.15, 0.2) is 12.1 Å². The molecule has 0 radical (unpaired) electrons. The molecule has 0 saturated carbocycles. The van der Waals surface area contributed by atoms with E-state index >= 15 is 0 Å². The van der Waals surface area contributed by atoms with Gasteiger partial charge in [-0.2, -0.15) is 0 Å². The van der Waals surface area contributed by atoms with Crippen LogP contribution in [0.2, 0.25) is 0 Å². The first kappa shape index (κ1) is 15.0. The summed E-state index contributed by atoms with van der Waals surface area (Å²) in [6.45, 7) is 13.0. The maximum atomic E-state index is 4.75. The molecule has 0 aliphatic carbocycles. The van der Waals surface area contributed by atoms with Crippen LogP contribution in [0.4, 0.5) is 5.82 Å². The third-order valence-corrected chi connectivity index (χ3v) is 3.03. The lowest BCUT2D eigenvalue weighted by atomic mass is 10.1. The maximum absolute atomic E-state index is 4.75. The Bertz CT molecular complexity index is 372. The highest BCUT2D eigenvalue weighted by molar-refractivity contribution is 5.42. The van der Waals surface area contributed by atoms with Gasteiger partial charge in [-0.1, -0.05) is 19.9 Å². The minimum absolute atomic E-state index is 0.481. The second-order valence-electron chi connectivity index (χ2n) is 5.58. The van der Waals surface area contributed by atoms with E-state index in [2.05, 4.69) is 57.0 Å². The molecule has 1 N–H and O–H groups in total. The van der Waals surface area contributed by atoms with Gasteiger partial charge in [0.1, 0.15) is 5.82 Å². The molecule has 0 unspecified atom stereocenters. The molecule has 0 fully saturated rings. The van der Waals surface area contributed by atoms with Crippen LogP contribution in [-0.2, 0) is 6.54 Å². The quantitative estimate of drug-likeness (QED) is 0.840. The zero-order chi connectivity index (χ0) is 13.7. The molecule has 0 spiro atoms. The van der Waals surface area contributed by atoms with Gasteiger partial charge in [0.2, 0.25) is 0 Å². The largest absolute Gasteiger partial charge is 0.354 e. The van der Waals surface area contributed by atoms with Gasteiger partial charge < -0.3 is 10.2 Å². The summed E-state index contributed by atoms with van der Waals surface area (Å²) in [5.74, 6) is 1.74. The second-order valence-corrected chi connectivity index (χ2v) is 5.58. The lowest BCUT2D eigenvalue weighted by molar-refractivity contribution is 0.565. The van der Waals surface area contributed by atoms with E-state index in [4.69, 9.17) is 4.98 Å². The summed E-state index contributed by atoms with van der Waals surface area (Å²) in [7, 11) is 1.96. The van der Waals surface area contributed by atoms with Crippen molar-refractivity contribution in [2.24, 2.45) is 5.92 Å². The first-order chi connectivity index (χ1) is 8.45. The van der Waals surface area contributed by atoms with Crippen molar-refractivity contribution in [2.45, 2.75) is 47.2 Å². The Morgan fingerprint density at radius 3 is 2.33 bits per heavy atom. The summed E-state index contributed by atoms with van der Waals surface area (Å²) in [6.07, 6.45) is 0. The van der Waals surface area contributed by atoms with Crippen molar-refractivity contribution in [3.05, 3.63) is 23.4 Å². The number of aryl methyl sites for hydroxylation is 1. The van der Waals surface area contributed by atoms with Crippen LogP contribution >= 0.6 is 0 Å². The van der Waals surface area contributed by atoms with Crippen molar-refractivity contribution >= 4 is 5.82 Å². The average Bonchev–Trinajstić information content (AvgIpc) is 2.28. The standard InChI is InChI=1S/C15H27N3/c1-11(2)10-18(12(3)4)15-8-7-14(9-16-6)13(5)17-15/h7-8,11-12,16H,9-10H2,1-6H3. The van der Waals surface area contributed by atoms with Crippen LogP contribution in [-0.4, -0.2) is 24.6 Å². The Hall–Kier alpha value is -1.09. The van der Waals surface area contributed by atoms with Crippen molar-refractivity contribution in [3.8, 4) is 0 Å². The van der Waals surface area contributed by atoms with Gasteiger partial charge >= 0.3 is 0 Å². The first-order valence-corrected chi connectivity index (χ1v) is 6.83. The van der Waals surface area contributed by atoms with E-state index in [1.165, 1.54) is 5.56 Å². The van der Waals surface area contributed by atoms with Crippen LogP contribution in [0.25, 0.3) is 0 Å². The lowest BCUT2D eigenvalue weighted by Gasteiger charge is -2.30. The highest BCUT2D eigenvalue weighted by Crippen LogP contribution is 2.18. The number of pyridine rings is 1. The van der Waals surface area contributed by atoms with Gasteiger partial charge in [-0.25, -0.2) is 4.98 Å². The topological polar surface area (TPSA) is 28.2 Å². The monoisotopic (exact) mass is 249 g/mol. The van der Waals surface area contributed by atoms with E-state index in [0.717, 1.165) is 24.6 Å². The van der Waals surface area contributed by atoms with Crippen molar-refractivity contribution in [3.63, 3.8) is 0 Å². The Morgan fingerprint density at radius 2 is 1.89 bits per heavy atom. The van der Waals surface area contributed by atoms with Crippen LogP contribution in [0.3, 0.4) is 0 Å². The SMILES string of the molecule is CNCc1ccc(N(CC(C)C)C(C)C)nc1C. The predicted molar refractivity (Wildman–Crippen MR) is 79.1 cm³/mol. The van der Waals surface area contributed by atoms with Crippen molar-refractivity contribution < 1.29 is 0 Å². The Morgan fingerprint density at radius 1 is 1.22 bits per heavy atom. The summed E-state index contributed by atoms with van der Waals surface area (Å²) in [5.41, 5.74) is 2.39. The van der Waals surface area contributed by atoms with Crippen molar-refractivity contribution in [1.82, 2.24) is 10.3 Å². The fourth-order valence-electron chi connectivity index (χ4n) is 2.08. The van der Waals surface area contributed by atoms with Gasteiger partial charge in [0.25, 0.3) is 0 Å². The van der Waals surface area contributed by atoms with E-state index in [1.54, 1.807) is 0 Å². The van der Waals surface area contributed by atoms with Gasteiger partial charge in [0.05, 0.1) is 0 Å². The Labute approximate surface area is 112 Å². The first-order valence-electron chi connectivity index (χ1n) is 6.83. The molecule has 0 atom stereocenters. The number of anilines is 1. The molecule has 3 nitrogen and oxygen atoms in total. The average molecular weight is 249 g/mol. The number of nitrogens with zero attached hydrogens (tertiary/aromatic N) is 2. The van der Waals surface area contributed by atoms with Crippen LogP contribution in [0, 0.1) is 12.8 Å². The number of nitrogens with one attached hydrogen (secondary N) is 1. The van der Waals surface area contributed by atoms with Gasteiger partial charge in [-0.3, -0.25) is 0 Å². The minimum Gasteiger partial charge on any atom is -0.354 e. The molecule has 1 heterocycles. The molecular formula is C15H27N3. The molecular weight excluding hydrogens is 222 g/mol. The summed E-state index contributed by atoms with van der Waals surface area (Å²) in [4.78, 5) is 7.13. The smallest absolute Gasteiger partial charge is 0.129 e. The number of aromatic nitrogens is 1. The third-order valence-electron chi connectivity index (χ3n) is 3.03. The molecule has 3 heteroatoms. The predicted octanol–water partition coefficient (Wildman–Crippen LogP) is 2.98. The fraction of sp³-hybridized carbons (Fsp3) is 0.667. The van der Waals surface area contributed by atoms with Gasteiger partial charge in [0.15, 0.2) is 0 Å². The summed E-state index contributed by atoms with van der Waals surface area (Å²) < 4.78 is 0. The molecule has 0 aliphatic heterocycles. The second kappa shape index (κ2) is 6.74. The van der Waals surface area contributed by atoms with Crippen LogP contribution < -0.4 is 10.2 Å². The zero-order valence-corrected chi connectivity index (χ0v) is 12.6. The zero-order valence-electron chi connectivity index (χ0n) is 12.6. The molecule has 1 rings (SSSR count). The number of rotatable bonds is 6. The minimum atomic E-state index is 0.481. The van der Waals surface area contributed by atoms with Gasteiger partial charge in [0, 0.05) is 24.8 Å². The normalized spacial score (nSPS) is 11.3. The highest BCUT2D eigenvalue weighted by Gasteiger charge is 2.14. The van der Waals surface area contributed by atoms with Crippen LogP contribution in [0.1, 0.15) is 39.0 Å². The third kappa shape index (κ3) is 3.98. The molecule has 102 valence electrons. The van der Waals surface area contributed by atoms with E-state index < -0.39 is 0 Å². The molecule has 1 aromatic rings. The summed E-state index contributed by atoms with van der Waals surface area (Å²) in [5, 5.41) is 3.17. The van der Waals surface area contributed by atoms with Gasteiger partial charge in [-0.05, 0) is 45.4 Å². The van der Waals surface area contributed by atoms with E-state index in [1.807, 2.05) is 7.05 Å². The van der Waals surface area contributed by atoms with E-state index in [-0.39, 0.29) is 0 Å². The van der Waals surface area contributed by atoms with Gasteiger partial charge in [-0.15, -0.1) is 0 Å². The molecule has 0 saturated heterocycles. The molecule has 18 heavy (non-hydrogen) atoms. The maximum Gasteiger partial charge on any atom is 0.129 e. The number of hydrogen-bond donors (Lipinski definition) is 1. The molecule has 0 aliphatic rings. The molecule has 0 aromatic carbocycles. The number of hydrogen-bond acceptors (Lipinski definition) is 3. The lowest BCUT2D eigenvalue weighted by Crippen LogP contribution is -2.35.